The number of ether oxygens (including phenoxy) is 5. The molecular formula is C19H21BrO5. The van der Waals surface area contributed by atoms with Gasteiger partial charge in [0, 0.05) is 0 Å². The summed E-state index contributed by atoms with van der Waals surface area (Å²) in [4.78, 5) is 0.0323. The first kappa shape index (κ1) is 17.9. The lowest BCUT2D eigenvalue weighted by molar-refractivity contribution is 0.0740. The number of fused-ring (bicyclic) bond motifs is 2. The highest BCUT2D eigenvalue weighted by molar-refractivity contribution is 9.09. The lowest BCUT2D eigenvalue weighted by atomic mass is 10.3. The van der Waals surface area contributed by atoms with Crippen LogP contribution in [-0.2, 0) is 4.74 Å². The number of hydrogen-bond acceptors (Lipinski definition) is 5. The van der Waals surface area contributed by atoms with E-state index in [4.69, 9.17) is 23.7 Å². The maximum absolute atomic E-state index is 5.86. The largest absolute Gasteiger partial charge is 0.488 e. The van der Waals surface area contributed by atoms with Gasteiger partial charge in [0.2, 0.25) is 0 Å². The summed E-state index contributed by atoms with van der Waals surface area (Å²) in [6, 6.07) is 15.2. The third-order valence-electron chi connectivity index (χ3n) is 3.51. The minimum absolute atomic E-state index is 0.0323. The second-order valence-electron chi connectivity index (χ2n) is 5.42. The molecule has 0 saturated carbocycles. The molecule has 3 rings (SSSR count). The van der Waals surface area contributed by atoms with E-state index >= 15 is 0 Å². The Balaban J connectivity index is 1.68. The molecule has 6 heteroatoms. The summed E-state index contributed by atoms with van der Waals surface area (Å²) >= 11 is 3.59. The van der Waals surface area contributed by atoms with Gasteiger partial charge in [-0.25, -0.2) is 0 Å². The lowest BCUT2D eigenvalue weighted by Crippen LogP contribution is -2.20. The van der Waals surface area contributed by atoms with Crippen molar-refractivity contribution < 1.29 is 23.7 Å². The van der Waals surface area contributed by atoms with Crippen LogP contribution in [-0.4, -0.2) is 44.5 Å². The molecule has 134 valence electrons. The molecule has 0 atom stereocenters. The Bertz CT molecular complexity index is 608. The normalized spacial score (nSPS) is 17.0. The van der Waals surface area contributed by atoms with E-state index in [1.165, 1.54) is 0 Å². The van der Waals surface area contributed by atoms with Crippen LogP contribution < -0.4 is 18.9 Å². The predicted molar refractivity (Wildman–Crippen MR) is 98.4 cm³/mol. The van der Waals surface area contributed by atoms with Gasteiger partial charge in [-0.05, 0) is 24.3 Å². The molecule has 1 aliphatic rings. The number of hydrogen-bond donors (Lipinski definition) is 0. The first-order valence-corrected chi connectivity index (χ1v) is 9.15. The minimum Gasteiger partial charge on any atom is -0.488 e. The number of para-hydroxylation sites is 4. The topological polar surface area (TPSA) is 46.2 Å². The maximum atomic E-state index is 5.86. The maximum Gasteiger partial charge on any atom is 0.161 e. The van der Waals surface area contributed by atoms with Crippen LogP contribution in [0.3, 0.4) is 0 Å². The Morgan fingerprint density at radius 2 is 1.00 bits per heavy atom. The van der Waals surface area contributed by atoms with Gasteiger partial charge in [0.15, 0.2) is 23.0 Å². The van der Waals surface area contributed by atoms with Crippen LogP contribution in [0, 0.1) is 0 Å². The van der Waals surface area contributed by atoms with Crippen molar-refractivity contribution in [3.63, 3.8) is 0 Å². The zero-order chi connectivity index (χ0) is 17.3. The van der Waals surface area contributed by atoms with Crippen molar-refractivity contribution in [1.29, 1.82) is 0 Å². The Morgan fingerprint density at radius 1 is 0.600 bits per heavy atom. The van der Waals surface area contributed by atoms with Gasteiger partial charge in [0.05, 0.1) is 18.0 Å². The third-order valence-corrected chi connectivity index (χ3v) is 4.04. The van der Waals surface area contributed by atoms with Gasteiger partial charge in [-0.1, -0.05) is 40.2 Å². The highest BCUT2D eigenvalue weighted by atomic mass is 79.9. The van der Waals surface area contributed by atoms with E-state index in [-0.39, 0.29) is 4.83 Å². The lowest BCUT2D eigenvalue weighted by Gasteiger charge is -2.18. The van der Waals surface area contributed by atoms with Crippen LogP contribution in [0.2, 0.25) is 0 Å². The van der Waals surface area contributed by atoms with Crippen molar-refractivity contribution in [2.75, 3.05) is 39.6 Å². The Labute approximate surface area is 155 Å². The molecular weight excluding hydrogens is 388 g/mol. The van der Waals surface area contributed by atoms with Gasteiger partial charge in [0.25, 0.3) is 0 Å². The van der Waals surface area contributed by atoms with E-state index in [1.807, 2.05) is 48.5 Å². The highest BCUT2D eigenvalue weighted by Crippen LogP contribution is 2.28. The zero-order valence-electron chi connectivity index (χ0n) is 13.9. The fourth-order valence-electron chi connectivity index (χ4n) is 2.31. The molecule has 0 unspecified atom stereocenters. The second kappa shape index (κ2) is 9.53. The zero-order valence-corrected chi connectivity index (χ0v) is 15.4. The van der Waals surface area contributed by atoms with E-state index in [0.29, 0.717) is 62.6 Å². The molecule has 0 spiro atoms. The predicted octanol–water partition coefficient (Wildman–Crippen LogP) is 3.70. The van der Waals surface area contributed by atoms with Gasteiger partial charge in [-0.3, -0.25) is 0 Å². The Kier molecular flexibility index (Phi) is 6.82. The van der Waals surface area contributed by atoms with Crippen LogP contribution in [0.25, 0.3) is 0 Å². The van der Waals surface area contributed by atoms with Crippen LogP contribution >= 0.6 is 15.9 Å². The average Bonchev–Trinajstić information content (AvgIpc) is 2.64. The van der Waals surface area contributed by atoms with Gasteiger partial charge >= 0.3 is 0 Å². The molecule has 0 aromatic heterocycles. The number of halogens is 1. The number of rotatable bonds is 0. The molecule has 0 aliphatic carbocycles. The van der Waals surface area contributed by atoms with E-state index < -0.39 is 0 Å². The summed E-state index contributed by atoms with van der Waals surface area (Å²) in [6.07, 6.45) is 0. The van der Waals surface area contributed by atoms with Gasteiger partial charge in [-0.15, -0.1) is 0 Å². The van der Waals surface area contributed by atoms with E-state index in [2.05, 4.69) is 15.9 Å². The molecule has 25 heavy (non-hydrogen) atoms. The molecule has 0 fully saturated rings. The molecule has 1 aliphatic heterocycles. The van der Waals surface area contributed by atoms with Crippen molar-refractivity contribution in [2.45, 2.75) is 4.83 Å². The fourth-order valence-corrected chi connectivity index (χ4v) is 2.57. The fraction of sp³-hybridized carbons (Fsp3) is 0.368. The SMILES string of the molecule is BrC1COc2ccccc2OCCOCCOc2ccccc2OC1. The van der Waals surface area contributed by atoms with Crippen molar-refractivity contribution in [2.24, 2.45) is 0 Å². The van der Waals surface area contributed by atoms with Gasteiger partial charge in [0.1, 0.15) is 26.4 Å². The van der Waals surface area contributed by atoms with Crippen molar-refractivity contribution in [3.8, 4) is 23.0 Å². The quantitative estimate of drug-likeness (QED) is 0.621. The molecule has 1 heterocycles. The average molecular weight is 409 g/mol. The highest BCUT2D eigenvalue weighted by Gasteiger charge is 2.12. The number of benzene rings is 2. The molecule has 0 bridgehead atoms. The Morgan fingerprint density at radius 3 is 1.44 bits per heavy atom. The van der Waals surface area contributed by atoms with E-state index in [0.717, 1.165) is 0 Å². The van der Waals surface area contributed by atoms with Gasteiger partial charge in [-0.2, -0.15) is 0 Å². The van der Waals surface area contributed by atoms with Gasteiger partial charge < -0.3 is 23.7 Å². The molecule has 0 radical (unpaired) electrons. The van der Waals surface area contributed by atoms with Crippen LogP contribution in [0.4, 0.5) is 0 Å². The van der Waals surface area contributed by atoms with Crippen LogP contribution in [0.1, 0.15) is 0 Å². The molecule has 2 aromatic rings. The second-order valence-corrected chi connectivity index (χ2v) is 6.72. The third kappa shape index (κ3) is 5.54. The van der Waals surface area contributed by atoms with E-state index in [1.54, 1.807) is 0 Å². The van der Waals surface area contributed by atoms with Crippen molar-refractivity contribution >= 4 is 15.9 Å². The molecule has 5 nitrogen and oxygen atoms in total. The smallest absolute Gasteiger partial charge is 0.161 e. The molecule has 0 N–H and O–H groups in total. The van der Waals surface area contributed by atoms with E-state index in [9.17, 15) is 0 Å². The summed E-state index contributed by atoms with van der Waals surface area (Å²) in [7, 11) is 0. The summed E-state index contributed by atoms with van der Waals surface area (Å²) < 4.78 is 28.8. The summed E-state index contributed by atoms with van der Waals surface area (Å²) in [5.74, 6) is 2.84. The standard InChI is InChI=1S/C19H21BrO5/c20-15-13-24-18-7-3-1-5-16(18)22-11-9-21-10-12-23-17-6-2-4-8-19(17)25-14-15/h1-8,15H,9-14H2. The molecule has 0 saturated heterocycles. The summed E-state index contributed by atoms with van der Waals surface area (Å²) in [5, 5.41) is 0. The molecule has 0 amide bonds. The summed E-state index contributed by atoms with van der Waals surface area (Å²) in [5.41, 5.74) is 0. The first-order chi connectivity index (χ1) is 12.3. The Hall–Kier alpha value is -1.92. The van der Waals surface area contributed by atoms with Crippen LogP contribution in [0.5, 0.6) is 23.0 Å². The van der Waals surface area contributed by atoms with Crippen molar-refractivity contribution in [1.82, 2.24) is 0 Å². The summed E-state index contributed by atoms with van der Waals surface area (Å²) in [6.45, 7) is 2.79. The van der Waals surface area contributed by atoms with Crippen LogP contribution in [0.15, 0.2) is 48.5 Å². The van der Waals surface area contributed by atoms with Crippen molar-refractivity contribution in [3.05, 3.63) is 48.5 Å². The number of alkyl halides is 1. The monoisotopic (exact) mass is 408 g/mol. The first-order valence-electron chi connectivity index (χ1n) is 8.24. The minimum atomic E-state index is 0.0323. The molecule has 2 aromatic carbocycles.